The predicted molar refractivity (Wildman–Crippen MR) is 81.5 cm³/mol. The molecule has 3 N–H and O–H groups in total. The summed E-state index contributed by atoms with van der Waals surface area (Å²) in [6.07, 6.45) is 3.43. The van der Waals surface area contributed by atoms with Gasteiger partial charge in [-0.2, -0.15) is 4.67 Å². The van der Waals surface area contributed by atoms with Crippen LogP contribution in [0.2, 0.25) is 0 Å². The van der Waals surface area contributed by atoms with Gasteiger partial charge < -0.3 is 15.1 Å². The molecule has 0 bridgehead atoms. The lowest BCUT2D eigenvalue weighted by molar-refractivity contribution is 0.134. The molecule has 5 nitrogen and oxygen atoms in total. The minimum absolute atomic E-state index is 0.0766. The van der Waals surface area contributed by atoms with Crippen molar-refractivity contribution in [2.24, 2.45) is 11.8 Å². The van der Waals surface area contributed by atoms with E-state index in [1.54, 1.807) is 0 Å². The molecule has 0 amide bonds. The summed E-state index contributed by atoms with van der Waals surface area (Å²) in [5.74, 6) is 1.06. The van der Waals surface area contributed by atoms with E-state index >= 15 is 0 Å². The van der Waals surface area contributed by atoms with Crippen molar-refractivity contribution in [1.29, 1.82) is 0 Å². The number of nitrogens with zero attached hydrogens (tertiary/aromatic N) is 1. The highest BCUT2D eigenvalue weighted by Gasteiger charge is 2.44. The van der Waals surface area contributed by atoms with Gasteiger partial charge in [0.1, 0.15) is 0 Å². The van der Waals surface area contributed by atoms with Crippen LogP contribution in [0, 0.1) is 11.8 Å². The number of nitrogens with one attached hydrogen (secondary N) is 1. The smallest absolute Gasteiger partial charge is 0.315 e. The van der Waals surface area contributed by atoms with E-state index < -0.39 is 7.75 Å². The van der Waals surface area contributed by atoms with Gasteiger partial charge in [-0.25, -0.2) is 4.57 Å². The van der Waals surface area contributed by atoms with E-state index in [4.69, 9.17) is 0 Å². The molecule has 2 aliphatic rings. The average Bonchev–Trinajstić information content (AvgIpc) is 3.29. The van der Waals surface area contributed by atoms with Crippen LogP contribution in [0.1, 0.15) is 24.8 Å². The minimum atomic E-state index is -4.27. The van der Waals surface area contributed by atoms with Crippen LogP contribution in [0.5, 0.6) is 0 Å². The Bertz CT molecular complexity index is 515. The molecule has 6 heteroatoms. The van der Waals surface area contributed by atoms with E-state index in [0.29, 0.717) is 24.9 Å². The van der Waals surface area contributed by atoms with Crippen LogP contribution in [0.4, 0.5) is 0 Å². The molecule has 1 saturated carbocycles. The Morgan fingerprint density at radius 3 is 2.52 bits per heavy atom. The molecule has 0 spiro atoms. The number of hydrogen-bond acceptors (Lipinski definition) is 2. The summed E-state index contributed by atoms with van der Waals surface area (Å²) in [6, 6.07) is 9.50. The van der Waals surface area contributed by atoms with Gasteiger partial charge in [0.15, 0.2) is 0 Å². The van der Waals surface area contributed by atoms with E-state index in [0.717, 1.165) is 18.5 Å². The average molecular weight is 310 g/mol. The Kier molecular flexibility index (Phi) is 4.48. The van der Waals surface area contributed by atoms with Crippen LogP contribution in [-0.2, 0) is 11.1 Å². The van der Waals surface area contributed by atoms with Crippen LogP contribution in [0.25, 0.3) is 0 Å². The molecule has 21 heavy (non-hydrogen) atoms. The van der Waals surface area contributed by atoms with Crippen LogP contribution in [0.15, 0.2) is 30.3 Å². The quantitative estimate of drug-likeness (QED) is 0.725. The molecule has 1 aromatic rings. The fourth-order valence-electron chi connectivity index (χ4n) is 3.44. The first-order chi connectivity index (χ1) is 10.1. The molecule has 2 fully saturated rings. The predicted octanol–water partition coefficient (Wildman–Crippen LogP) is 1.97. The zero-order valence-electron chi connectivity index (χ0n) is 12.1. The van der Waals surface area contributed by atoms with Crippen molar-refractivity contribution < 1.29 is 14.4 Å². The van der Waals surface area contributed by atoms with Crippen molar-refractivity contribution in [2.45, 2.75) is 31.8 Å². The lowest BCUT2D eigenvalue weighted by Gasteiger charge is -2.40. The summed E-state index contributed by atoms with van der Waals surface area (Å²) >= 11 is 0. The zero-order valence-corrected chi connectivity index (χ0v) is 13.0. The summed E-state index contributed by atoms with van der Waals surface area (Å²) in [4.78, 5) is 19.6. The van der Waals surface area contributed by atoms with Crippen LogP contribution in [0.3, 0.4) is 0 Å². The van der Waals surface area contributed by atoms with Crippen molar-refractivity contribution in [3.63, 3.8) is 0 Å². The fraction of sp³-hybridized carbons (Fsp3) is 0.600. The second-order valence-electron chi connectivity index (χ2n) is 6.16. The van der Waals surface area contributed by atoms with Gasteiger partial charge in [-0.15, -0.1) is 0 Å². The molecule has 1 aromatic carbocycles. The Morgan fingerprint density at radius 1 is 1.19 bits per heavy atom. The Morgan fingerprint density at radius 2 is 1.90 bits per heavy atom. The van der Waals surface area contributed by atoms with Gasteiger partial charge in [-0.3, -0.25) is 0 Å². The second-order valence-corrected chi connectivity index (χ2v) is 7.70. The number of benzene rings is 1. The number of hydrogen-bond donors (Lipinski definition) is 3. The highest BCUT2D eigenvalue weighted by Crippen LogP contribution is 2.49. The molecular formula is C15H23N2O3P. The first kappa shape index (κ1) is 15.2. The molecule has 1 aliphatic heterocycles. The third kappa shape index (κ3) is 3.74. The van der Waals surface area contributed by atoms with Crippen molar-refractivity contribution in [2.75, 3.05) is 13.1 Å². The Labute approximate surface area is 125 Å². The van der Waals surface area contributed by atoms with E-state index in [9.17, 15) is 14.4 Å². The summed E-state index contributed by atoms with van der Waals surface area (Å²) in [7, 11) is -4.27. The topological polar surface area (TPSA) is 72.8 Å². The molecule has 1 aliphatic carbocycles. The van der Waals surface area contributed by atoms with E-state index in [1.807, 2.05) is 30.3 Å². The Hall–Kier alpha value is -0.710. The van der Waals surface area contributed by atoms with Gasteiger partial charge in [0.2, 0.25) is 0 Å². The summed E-state index contributed by atoms with van der Waals surface area (Å²) in [5.41, 5.74) is 0.945. The fourth-order valence-corrected chi connectivity index (χ4v) is 4.42. The Balaban J connectivity index is 1.82. The van der Waals surface area contributed by atoms with Crippen LogP contribution >= 0.6 is 7.75 Å². The highest BCUT2D eigenvalue weighted by atomic mass is 31.2. The molecule has 0 aromatic heterocycles. The van der Waals surface area contributed by atoms with E-state index in [1.165, 1.54) is 17.5 Å². The molecule has 3 rings (SSSR count). The maximum Gasteiger partial charge on any atom is 0.403 e. The second kappa shape index (κ2) is 6.19. The lowest BCUT2D eigenvalue weighted by atomic mass is 9.88. The SMILES string of the molecule is O=P(O)(O)N(Cc1ccccc1)C1CNCCC1C1CC1. The molecule has 1 saturated heterocycles. The standard InChI is InChI=1S/C15H23N2O3P/c18-21(19,20)17(11-12-4-2-1-3-5-12)15-10-16-9-8-14(15)13-6-7-13/h1-5,13-16H,6-11H2,(H2,18,19,20). The zero-order chi connectivity index (χ0) is 14.9. The van der Waals surface area contributed by atoms with Crippen molar-refractivity contribution in [1.82, 2.24) is 9.99 Å². The molecule has 2 unspecified atom stereocenters. The third-order valence-electron chi connectivity index (χ3n) is 4.63. The van der Waals surface area contributed by atoms with Crippen LogP contribution in [-0.4, -0.2) is 33.6 Å². The number of rotatable bonds is 5. The van der Waals surface area contributed by atoms with Gasteiger partial charge in [-0.1, -0.05) is 30.3 Å². The molecule has 116 valence electrons. The molecule has 2 atom stereocenters. The van der Waals surface area contributed by atoms with E-state index in [-0.39, 0.29) is 6.04 Å². The summed E-state index contributed by atoms with van der Waals surface area (Å²) in [6.45, 7) is 1.93. The maximum absolute atomic E-state index is 12.0. The van der Waals surface area contributed by atoms with Gasteiger partial charge in [0, 0.05) is 19.1 Å². The van der Waals surface area contributed by atoms with Gasteiger partial charge in [-0.05, 0) is 43.2 Å². The largest absolute Gasteiger partial charge is 0.403 e. The normalized spacial score (nSPS) is 27.0. The van der Waals surface area contributed by atoms with Gasteiger partial charge >= 0.3 is 7.75 Å². The highest BCUT2D eigenvalue weighted by molar-refractivity contribution is 7.49. The van der Waals surface area contributed by atoms with Crippen molar-refractivity contribution >= 4 is 7.75 Å². The van der Waals surface area contributed by atoms with Crippen molar-refractivity contribution in [3.8, 4) is 0 Å². The van der Waals surface area contributed by atoms with E-state index in [2.05, 4.69) is 5.32 Å². The first-order valence-corrected chi connectivity index (χ1v) is 9.19. The molecular weight excluding hydrogens is 287 g/mol. The third-order valence-corrected chi connectivity index (χ3v) is 5.74. The molecule has 0 radical (unpaired) electrons. The molecule has 1 heterocycles. The summed E-state index contributed by atoms with van der Waals surface area (Å²) < 4.78 is 13.4. The minimum Gasteiger partial charge on any atom is -0.315 e. The van der Waals surface area contributed by atoms with Gasteiger partial charge in [0.05, 0.1) is 0 Å². The van der Waals surface area contributed by atoms with Crippen LogP contribution < -0.4 is 5.32 Å². The monoisotopic (exact) mass is 310 g/mol. The van der Waals surface area contributed by atoms with Gasteiger partial charge in [0.25, 0.3) is 0 Å². The first-order valence-electron chi connectivity index (χ1n) is 7.63. The van der Waals surface area contributed by atoms with Crippen molar-refractivity contribution in [3.05, 3.63) is 35.9 Å². The summed E-state index contributed by atoms with van der Waals surface area (Å²) in [5, 5.41) is 3.30. The maximum atomic E-state index is 12.0. The lowest BCUT2D eigenvalue weighted by Crippen LogP contribution is -2.50. The number of piperidine rings is 1.